The maximum atomic E-state index is 11.8. The van der Waals surface area contributed by atoms with Crippen molar-refractivity contribution in [3.63, 3.8) is 0 Å². The van der Waals surface area contributed by atoms with Crippen LogP contribution in [0.3, 0.4) is 0 Å². The number of benzene rings is 1. The monoisotopic (exact) mass is 306 g/mol. The highest BCUT2D eigenvalue weighted by molar-refractivity contribution is 7.87. The second kappa shape index (κ2) is 6.30. The molecule has 0 bridgehead atoms. The molecule has 0 amide bonds. The zero-order valence-corrected chi connectivity index (χ0v) is 13.0. The first-order valence-electron chi connectivity index (χ1n) is 6.45. The van der Waals surface area contributed by atoms with Gasteiger partial charge in [0, 0.05) is 38.1 Å². The van der Waals surface area contributed by atoms with Crippen LogP contribution in [0.1, 0.15) is 18.5 Å². The Bertz CT molecular complexity index is 685. The summed E-state index contributed by atoms with van der Waals surface area (Å²) in [6.07, 6.45) is 4.95. The summed E-state index contributed by atoms with van der Waals surface area (Å²) in [7, 11) is -0.457. The van der Waals surface area contributed by atoms with E-state index in [1.165, 1.54) is 20.4 Å². The minimum atomic E-state index is -3.44. The second-order valence-electron chi connectivity index (χ2n) is 4.88. The molecule has 6 nitrogen and oxygen atoms in total. The first kappa shape index (κ1) is 15.6. The molecule has 0 aliphatic rings. The minimum Gasteiger partial charge on any atom is -0.244 e. The van der Waals surface area contributed by atoms with Crippen molar-refractivity contribution < 1.29 is 8.42 Å². The minimum absolute atomic E-state index is 0.307. The predicted molar refractivity (Wildman–Crippen MR) is 81.6 cm³/mol. The molecule has 0 saturated heterocycles. The van der Waals surface area contributed by atoms with E-state index in [1.54, 1.807) is 12.4 Å². The van der Waals surface area contributed by atoms with Gasteiger partial charge in [-0.3, -0.25) is 0 Å². The number of hydrogen-bond acceptors (Lipinski definition) is 4. The maximum absolute atomic E-state index is 11.8. The highest BCUT2D eigenvalue weighted by Gasteiger charge is 2.17. The number of nitrogens with zero attached hydrogens (tertiary/aromatic N) is 3. The van der Waals surface area contributed by atoms with E-state index in [0.29, 0.717) is 0 Å². The van der Waals surface area contributed by atoms with Gasteiger partial charge in [0.25, 0.3) is 10.2 Å². The Morgan fingerprint density at radius 3 is 2.14 bits per heavy atom. The van der Waals surface area contributed by atoms with Crippen molar-refractivity contribution in [2.24, 2.45) is 0 Å². The van der Waals surface area contributed by atoms with Gasteiger partial charge in [-0.1, -0.05) is 24.3 Å². The van der Waals surface area contributed by atoms with Crippen molar-refractivity contribution >= 4 is 10.2 Å². The van der Waals surface area contributed by atoms with E-state index in [2.05, 4.69) is 14.7 Å². The van der Waals surface area contributed by atoms with Crippen LogP contribution in [-0.2, 0) is 10.2 Å². The predicted octanol–water partition coefficient (Wildman–Crippen LogP) is 1.60. The standard InChI is InChI=1S/C14H18N4O2S/c1-11(17-21(19,20)18(2)3)12-4-6-13(7-5-12)14-8-15-10-16-9-14/h4-11,17H,1-3H3. The van der Waals surface area contributed by atoms with Crippen LogP contribution in [0, 0.1) is 0 Å². The summed E-state index contributed by atoms with van der Waals surface area (Å²) in [5.41, 5.74) is 2.80. The molecule has 2 rings (SSSR count). The summed E-state index contributed by atoms with van der Waals surface area (Å²) in [6, 6.07) is 7.33. The van der Waals surface area contributed by atoms with Gasteiger partial charge in [-0.25, -0.2) is 9.97 Å². The van der Waals surface area contributed by atoms with E-state index >= 15 is 0 Å². The normalized spacial score (nSPS) is 13.3. The molecule has 1 unspecified atom stereocenters. The fraction of sp³-hybridized carbons (Fsp3) is 0.286. The summed E-state index contributed by atoms with van der Waals surface area (Å²) in [4.78, 5) is 7.96. The van der Waals surface area contributed by atoms with Gasteiger partial charge in [-0.2, -0.15) is 17.4 Å². The smallest absolute Gasteiger partial charge is 0.244 e. The summed E-state index contributed by atoms with van der Waals surface area (Å²) in [5.74, 6) is 0. The average molecular weight is 306 g/mol. The molecule has 1 N–H and O–H groups in total. The molecule has 0 spiro atoms. The molecule has 1 aromatic carbocycles. The molecular formula is C14H18N4O2S. The molecule has 21 heavy (non-hydrogen) atoms. The lowest BCUT2D eigenvalue weighted by Gasteiger charge is -2.18. The topological polar surface area (TPSA) is 75.2 Å². The molecule has 0 radical (unpaired) electrons. The van der Waals surface area contributed by atoms with Crippen LogP contribution >= 0.6 is 0 Å². The fourth-order valence-electron chi connectivity index (χ4n) is 1.81. The third-order valence-electron chi connectivity index (χ3n) is 3.11. The fourth-order valence-corrected chi connectivity index (χ4v) is 2.60. The third kappa shape index (κ3) is 3.84. The highest BCUT2D eigenvalue weighted by atomic mass is 32.2. The van der Waals surface area contributed by atoms with Gasteiger partial charge in [0.05, 0.1) is 0 Å². The molecule has 0 fully saturated rings. The number of aromatic nitrogens is 2. The van der Waals surface area contributed by atoms with Crippen LogP contribution < -0.4 is 4.72 Å². The summed E-state index contributed by atoms with van der Waals surface area (Å²) < 4.78 is 27.4. The Morgan fingerprint density at radius 1 is 1.05 bits per heavy atom. The van der Waals surface area contributed by atoms with E-state index in [1.807, 2.05) is 31.2 Å². The summed E-state index contributed by atoms with van der Waals surface area (Å²) >= 11 is 0. The Morgan fingerprint density at radius 2 is 1.62 bits per heavy atom. The number of rotatable bonds is 5. The molecule has 0 saturated carbocycles. The Balaban J connectivity index is 2.16. The molecule has 1 aromatic heterocycles. The molecule has 1 heterocycles. The molecule has 7 heteroatoms. The Hall–Kier alpha value is -1.83. The van der Waals surface area contributed by atoms with Gasteiger partial charge in [0.2, 0.25) is 0 Å². The first-order chi connectivity index (χ1) is 9.90. The van der Waals surface area contributed by atoms with Crippen molar-refractivity contribution in [3.8, 4) is 11.1 Å². The second-order valence-corrected chi connectivity index (χ2v) is 6.79. The molecule has 2 aromatic rings. The molecule has 0 aliphatic heterocycles. The van der Waals surface area contributed by atoms with Crippen molar-refractivity contribution in [2.45, 2.75) is 13.0 Å². The van der Waals surface area contributed by atoms with Crippen LogP contribution in [0.4, 0.5) is 0 Å². The van der Waals surface area contributed by atoms with Gasteiger partial charge in [0.15, 0.2) is 0 Å². The van der Waals surface area contributed by atoms with Gasteiger partial charge in [0.1, 0.15) is 6.33 Å². The van der Waals surface area contributed by atoms with Crippen molar-refractivity contribution in [2.75, 3.05) is 14.1 Å². The molecule has 112 valence electrons. The Kier molecular flexibility index (Phi) is 4.66. The van der Waals surface area contributed by atoms with E-state index in [9.17, 15) is 8.42 Å². The van der Waals surface area contributed by atoms with Crippen molar-refractivity contribution in [1.29, 1.82) is 0 Å². The molecular weight excluding hydrogens is 288 g/mol. The lowest BCUT2D eigenvalue weighted by Crippen LogP contribution is -2.37. The van der Waals surface area contributed by atoms with Crippen LogP contribution in [0.25, 0.3) is 11.1 Å². The number of hydrogen-bond donors (Lipinski definition) is 1. The van der Waals surface area contributed by atoms with E-state index in [-0.39, 0.29) is 6.04 Å². The quantitative estimate of drug-likeness (QED) is 0.910. The van der Waals surface area contributed by atoms with Crippen LogP contribution in [0.2, 0.25) is 0 Å². The summed E-state index contributed by atoms with van der Waals surface area (Å²) in [6.45, 7) is 1.81. The van der Waals surface area contributed by atoms with Crippen LogP contribution in [-0.4, -0.2) is 36.8 Å². The zero-order valence-electron chi connectivity index (χ0n) is 12.2. The highest BCUT2D eigenvalue weighted by Crippen LogP contribution is 2.21. The Labute approximate surface area is 125 Å². The van der Waals surface area contributed by atoms with E-state index in [4.69, 9.17) is 0 Å². The van der Waals surface area contributed by atoms with Crippen LogP contribution in [0.5, 0.6) is 0 Å². The van der Waals surface area contributed by atoms with Gasteiger partial charge < -0.3 is 0 Å². The summed E-state index contributed by atoms with van der Waals surface area (Å²) in [5, 5.41) is 0. The van der Waals surface area contributed by atoms with Gasteiger partial charge in [-0.05, 0) is 18.1 Å². The SMILES string of the molecule is CC(NS(=O)(=O)N(C)C)c1ccc(-c2cncnc2)cc1. The van der Waals surface area contributed by atoms with Crippen molar-refractivity contribution in [3.05, 3.63) is 48.5 Å². The molecule has 1 atom stereocenters. The average Bonchev–Trinajstić information content (AvgIpc) is 2.48. The molecule has 0 aliphatic carbocycles. The van der Waals surface area contributed by atoms with Crippen LogP contribution in [0.15, 0.2) is 43.0 Å². The van der Waals surface area contributed by atoms with Gasteiger partial charge >= 0.3 is 0 Å². The zero-order chi connectivity index (χ0) is 15.5. The lowest BCUT2D eigenvalue weighted by atomic mass is 10.0. The lowest BCUT2D eigenvalue weighted by molar-refractivity contribution is 0.494. The third-order valence-corrected chi connectivity index (χ3v) is 4.72. The maximum Gasteiger partial charge on any atom is 0.279 e. The number of nitrogens with one attached hydrogen (secondary N) is 1. The first-order valence-corrected chi connectivity index (χ1v) is 7.89. The van der Waals surface area contributed by atoms with E-state index in [0.717, 1.165) is 21.0 Å². The van der Waals surface area contributed by atoms with E-state index < -0.39 is 10.2 Å². The van der Waals surface area contributed by atoms with Gasteiger partial charge in [-0.15, -0.1) is 0 Å². The largest absolute Gasteiger partial charge is 0.279 e. The van der Waals surface area contributed by atoms with Crippen molar-refractivity contribution in [1.82, 2.24) is 19.0 Å².